The highest BCUT2D eigenvalue weighted by Gasteiger charge is 2.34. The van der Waals surface area contributed by atoms with E-state index in [0.717, 1.165) is 73.3 Å². The summed E-state index contributed by atoms with van der Waals surface area (Å²) in [6, 6.07) is -0.409. The number of alkyl halides is 6. The number of hydrogen-bond donors (Lipinski definition) is 0. The van der Waals surface area contributed by atoms with Gasteiger partial charge in [-0.1, -0.05) is 148 Å². The van der Waals surface area contributed by atoms with Crippen LogP contribution in [0.3, 0.4) is 0 Å². The minimum atomic E-state index is -5.27. The number of halogens is 8. The van der Waals surface area contributed by atoms with Gasteiger partial charge in [-0.25, -0.2) is 8.78 Å². The van der Waals surface area contributed by atoms with E-state index in [1.54, 1.807) is 0 Å². The lowest BCUT2D eigenvalue weighted by Crippen LogP contribution is -2.42. The molecule has 0 saturated heterocycles. The molecule has 0 radical (unpaired) electrons. The number of carbonyl (C=O) groups is 2. The van der Waals surface area contributed by atoms with Crippen molar-refractivity contribution in [3.05, 3.63) is 233 Å². The highest BCUT2D eigenvalue weighted by Crippen LogP contribution is 2.36. The molecule has 0 bridgehead atoms. The zero-order valence-corrected chi connectivity index (χ0v) is 53.5. The third-order valence-corrected chi connectivity index (χ3v) is 16.5. The molecular formula is C74H80F8N8O4S2. The minimum absolute atomic E-state index is 0.00295. The highest BCUT2D eigenvalue weighted by atomic mass is 32.2. The molecule has 22 heteroatoms. The maximum Gasteiger partial charge on any atom is 0.416 e. The molecule has 6 aromatic carbocycles. The molecule has 2 aliphatic carbocycles. The Morgan fingerprint density at radius 3 is 1.74 bits per heavy atom. The number of carbonyl (C=O) groups excluding carboxylic acids is 2. The van der Waals surface area contributed by atoms with Gasteiger partial charge in [-0.05, 0) is 171 Å². The summed E-state index contributed by atoms with van der Waals surface area (Å²) in [5.74, 6) is -6.48. The molecule has 0 spiro atoms. The van der Waals surface area contributed by atoms with Crippen molar-refractivity contribution in [2.75, 3.05) is 52.2 Å². The van der Waals surface area contributed by atoms with E-state index in [2.05, 4.69) is 9.97 Å². The van der Waals surface area contributed by atoms with Crippen LogP contribution in [-0.2, 0) is 78.5 Å². The first kappa shape index (κ1) is 40.7. The second-order valence-corrected chi connectivity index (χ2v) is 22.5. The maximum atomic E-state index is 15.2. The molecule has 96 heavy (non-hydrogen) atoms. The van der Waals surface area contributed by atoms with Crippen molar-refractivity contribution in [3.63, 3.8) is 0 Å². The number of thioether (sulfide) groups is 2. The molecule has 2 aromatic heterocycles. The van der Waals surface area contributed by atoms with Crippen molar-refractivity contribution >= 4 is 35.3 Å². The summed E-state index contributed by atoms with van der Waals surface area (Å²) in [4.78, 5) is 66.5. The van der Waals surface area contributed by atoms with Gasteiger partial charge in [-0.2, -0.15) is 36.3 Å². The molecule has 0 aliphatic heterocycles. The van der Waals surface area contributed by atoms with Gasteiger partial charge in [-0.3, -0.25) is 19.2 Å². The molecular weight excluding hydrogens is 1280 g/mol. The van der Waals surface area contributed by atoms with Crippen LogP contribution in [0.15, 0.2) is 159 Å². The van der Waals surface area contributed by atoms with Crippen molar-refractivity contribution in [2.45, 2.75) is 140 Å². The molecule has 1 unspecified atom stereocenters. The molecule has 12 nitrogen and oxygen atoms in total. The smallest absolute Gasteiger partial charge is 0.336 e. The number of likely N-dealkylation sites (N-methyl/N-ethyl adjacent to an activating group) is 2. The lowest BCUT2D eigenvalue weighted by Gasteiger charge is -2.33. The van der Waals surface area contributed by atoms with Crippen LogP contribution in [0.5, 0.6) is 0 Å². The van der Waals surface area contributed by atoms with E-state index in [0.29, 0.717) is 46.0 Å². The summed E-state index contributed by atoms with van der Waals surface area (Å²) in [5, 5.41) is -1.35. The standard InChI is InChI=1S/2C37H40F4N4O2S/c1-4-43(5-2)21-22-44(25(3)27-11-13-28(14-12-27)29-15-17-30(18-16-29)37(39,40)41)34(46)23-45-33-8-6-7-32(33)35(47)42-36(45)48-24-26-9-19-31(38)20-10-26;1-4-43(5-2)19-20-44(22-26-9-13-28(14-10-26)29-15-18-32(25(3)21-29)37(39,40)41)34(46)23-45-33-8-6-7-31(33)35(47)42-36(45)48-24-27-11-16-30(38)17-12-27/h9-20,25H,4-8,21-24H2,1-3H3;9-18,21H,4-8,19-20,22-24H2,1-3H3/i4D2,5D2,9D,10D,19D,20D,23D2,25D;4D2,5D2,6D2,7D2,8D2,9D,10D,13D,14D,15D,18D,21D,22D2,23D2. The van der Waals surface area contributed by atoms with Crippen LogP contribution in [0.1, 0.15) is 159 Å². The van der Waals surface area contributed by atoms with Gasteiger partial charge in [0, 0.05) is 85.9 Å². The Hall–Kier alpha value is -7.92. The van der Waals surface area contributed by atoms with Crippen molar-refractivity contribution in [2.24, 2.45) is 0 Å². The predicted octanol–water partition coefficient (Wildman–Crippen LogP) is 15.3. The van der Waals surface area contributed by atoms with Crippen LogP contribution >= 0.6 is 23.5 Å². The fourth-order valence-electron chi connectivity index (χ4n) is 9.54. The largest absolute Gasteiger partial charge is 0.416 e. The molecule has 2 aliphatic rings. The number of rotatable bonds is 26. The van der Waals surface area contributed by atoms with Crippen LogP contribution in [-0.4, -0.2) is 103 Å². The van der Waals surface area contributed by atoms with E-state index in [-0.39, 0.29) is 61.2 Å². The zero-order valence-electron chi connectivity index (χ0n) is 83.8. The Morgan fingerprint density at radius 2 is 1.15 bits per heavy atom. The fraction of sp³-hybridized carbons (Fsp3) is 0.378. The average Bonchev–Trinajstić information content (AvgIpc) is 1.51. The lowest BCUT2D eigenvalue weighted by molar-refractivity contribution is -0.138. The number of hydrogen-bond acceptors (Lipinski definition) is 10. The summed E-state index contributed by atoms with van der Waals surface area (Å²) in [5.41, 5.74) is -11.0. The number of nitrogens with zero attached hydrogens (tertiary/aromatic N) is 8. The molecule has 2 amide bonds. The molecule has 10 rings (SSSR count). The number of benzene rings is 6. The molecule has 0 fully saturated rings. The van der Waals surface area contributed by atoms with Crippen molar-refractivity contribution in [1.29, 1.82) is 0 Å². The number of amides is 2. The van der Waals surface area contributed by atoms with E-state index in [1.807, 2.05) is 0 Å². The topological polar surface area (TPSA) is 117 Å². The minimum Gasteiger partial charge on any atom is -0.336 e. The first-order chi connectivity index (χ1) is 58.1. The number of fused-ring (bicyclic) bond motifs is 2. The molecule has 0 N–H and O–H groups in total. The summed E-state index contributed by atoms with van der Waals surface area (Å²) in [6.45, 7) is -18.8. The van der Waals surface area contributed by atoms with Gasteiger partial charge in [0.1, 0.15) is 24.6 Å². The van der Waals surface area contributed by atoms with E-state index in [1.165, 1.54) is 55.5 Å². The Kier molecular flexibility index (Phi) is 13.9. The van der Waals surface area contributed by atoms with Crippen molar-refractivity contribution in [1.82, 2.24) is 38.7 Å². The van der Waals surface area contributed by atoms with Crippen LogP contribution in [0.4, 0.5) is 35.1 Å². The normalized spacial score (nSPS) is 21.0. The Balaban J connectivity index is 0.000000292. The average molecular weight is 1390 g/mol. The van der Waals surface area contributed by atoms with Gasteiger partial charge in [0.2, 0.25) is 11.8 Å². The second-order valence-electron chi connectivity index (χ2n) is 20.6. The monoisotopic (exact) mass is 1390 g/mol. The van der Waals surface area contributed by atoms with Crippen molar-refractivity contribution < 1.29 is 88.6 Å². The van der Waals surface area contributed by atoms with Gasteiger partial charge in [0.25, 0.3) is 11.1 Å². The van der Waals surface area contributed by atoms with Gasteiger partial charge in [-0.15, -0.1) is 0 Å². The molecule has 1 atom stereocenters. The van der Waals surface area contributed by atoms with Gasteiger partial charge in [0.15, 0.2) is 10.3 Å². The Morgan fingerprint density at radius 1 is 0.604 bits per heavy atom. The van der Waals surface area contributed by atoms with E-state index < -0.39 is 266 Å². The zero-order chi connectivity index (χ0) is 97.3. The van der Waals surface area contributed by atoms with Gasteiger partial charge >= 0.3 is 12.4 Å². The Bertz CT molecular complexity index is 5680. The van der Waals surface area contributed by atoms with Crippen LogP contribution < -0.4 is 11.1 Å². The second kappa shape index (κ2) is 32.9. The van der Waals surface area contributed by atoms with Crippen LogP contribution in [0, 0.1) is 18.6 Å². The van der Waals surface area contributed by atoms with Crippen LogP contribution in [0.2, 0.25) is 0 Å². The van der Waals surface area contributed by atoms with E-state index in [4.69, 9.17) is 34.3 Å². The number of aromatic nitrogens is 4. The summed E-state index contributed by atoms with van der Waals surface area (Å²) in [7, 11) is 0. The SMILES string of the molecule is [2H]c1c([2H])c(C([2H])([2H])N(CCN(C([2H])([2H])C)C([2H])([2H])C)C(=O)C([2H])([2H])n2c(SCc3ccc(F)cc3)nc(=O)c3c2C([2H])([2H])C([2H])([2H])C3([2H])[2H])c([2H])c([2H])c1-c1c([2H])c([2H])c(C(F)(F)F)c(C)c1[2H].[2H]c1c([2H])c(CSc2nc(=O)c3c(n2C([2H])([2H])C(=O)N(CCN(C([2H])([2H])C)C([2H])([2H])C)C([2H])(C)c2ccc(-c4ccc(C(F)(F)F)cc4)cc2)CCC3)c([2H])c([2H])c1F. The lowest BCUT2D eigenvalue weighted by atomic mass is 9.98. The van der Waals surface area contributed by atoms with Gasteiger partial charge in [0.05, 0.1) is 41.8 Å². The summed E-state index contributed by atoms with van der Waals surface area (Å²) in [6.07, 6.45) is -20.2. The molecule has 8 aromatic rings. The van der Waals surface area contributed by atoms with Crippen molar-refractivity contribution in [3.8, 4) is 22.3 Å². The fourth-order valence-corrected chi connectivity index (χ4v) is 11.3. The third-order valence-electron chi connectivity index (χ3n) is 14.5. The third kappa shape index (κ3) is 18.6. The first-order valence-corrected chi connectivity index (χ1v) is 31.0. The molecule has 508 valence electrons. The molecule has 2 heterocycles. The van der Waals surface area contributed by atoms with E-state index >= 15 is 4.79 Å². The van der Waals surface area contributed by atoms with Crippen LogP contribution in [0.25, 0.3) is 22.3 Å². The Labute approximate surface area is 608 Å². The first-order valence-electron chi connectivity index (χ1n) is 45.0. The maximum absolute atomic E-state index is 15.2. The van der Waals surface area contributed by atoms with E-state index in [9.17, 15) is 59.1 Å². The quantitative estimate of drug-likeness (QED) is 0.0295. The molecule has 0 saturated carbocycles. The summed E-state index contributed by atoms with van der Waals surface area (Å²) < 4.78 is 387. The van der Waals surface area contributed by atoms with Gasteiger partial charge < -0.3 is 28.7 Å². The summed E-state index contributed by atoms with van der Waals surface area (Å²) >= 11 is 0.990. The highest BCUT2D eigenvalue weighted by molar-refractivity contribution is 7.98. The predicted molar refractivity (Wildman–Crippen MR) is 363 cm³/mol.